The van der Waals surface area contributed by atoms with Crippen molar-refractivity contribution in [1.29, 1.82) is 0 Å². The van der Waals surface area contributed by atoms with E-state index in [1.54, 1.807) is 13.2 Å². The van der Waals surface area contributed by atoms with Gasteiger partial charge in [0.05, 0.1) is 24.2 Å². The molecule has 6 nitrogen and oxygen atoms in total. The minimum atomic E-state index is -0.343. The van der Waals surface area contributed by atoms with Crippen LogP contribution in [0.15, 0.2) is 47.5 Å². The predicted octanol–water partition coefficient (Wildman–Crippen LogP) is 5.14. The summed E-state index contributed by atoms with van der Waals surface area (Å²) in [6, 6.07) is 9.08. The molecule has 0 saturated heterocycles. The minimum absolute atomic E-state index is 0.0472. The number of rotatable bonds is 5. The Bertz CT molecular complexity index is 1140. The number of nitrogens with one attached hydrogen (secondary N) is 1. The minimum Gasteiger partial charge on any atom is -0.497 e. The maximum absolute atomic E-state index is 12.9. The van der Waals surface area contributed by atoms with Crippen molar-refractivity contribution in [3.8, 4) is 16.9 Å². The van der Waals surface area contributed by atoms with Gasteiger partial charge in [-0.25, -0.2) is 9.97 Å². The Balaban J connectivity index is 1.94. The number of pyridine rings is 1. The molecule has 10 heteroatoms. The molecule has 0 saturated carbocycles. The highest BCUT2D eigenvalue weighted by Gasteiger charge is 2.12. The molecule has 3 aromatic rings. The van der Waals surface area contributed by atoms with E-state index in [1.165, 1.54) is 25.9 Å². The molecule has 0 amide bonds. The summed E-state index contributed by atoms with van der Waals surface area (Å²) >= 11 is 14.2. The molecule has 0 aliphatic heterocycles. The first-order valence-electron chi connectivity index (χ1n) is 8.11. The lowest BCUT2D eigenvalue weighted by molar-refractivity contribution is 0.414. The number of aromatic nitrogens is 3. The zero-order valence-electron chi connectivity index (χ0n) is 14.9. The monoisotopic (exact) mass is 558 g/mol. The fraction of sp³-hybridized carbons (Fsp3) is 0.105. The first-order chi connectivity index (χ1) is 14.0. The van der Waals surface area contributed by atoms with Crippen molar-refractivity contribution in [3.63, 3.8) is 0 Å². The normalized spacial score (nSPS) is 10.2. The van der Waals surface area contributed by atoms with E-state index in [-0.39, 0.29) is 16.5 Å². The third-order valence-electron chi connectivity index (χ3n) is 3.77. The number of ether oxygens (including phenoxy) is 1. The molecule has 0 aliphatic carbocycles. The van der Waals surface area contributed by atoms with Gasteiger partial charge in [-0.15, -0.1) is 0 Å². The molecule has 29 heavy (non-hydrogen) atoms. The number of nitrogens with zero attached hydrogens (tertiary/aromatic N) is 3. The molecular formula is C19H13Cl2IN4O2S. The highest BCUT2D eigenvalue weighted by atomic mass is 127. The molecule has 148 valence electrons. The van der Waals surface area contributed by atoms with E-state index in [2.05, 4.69) is 47.7 Å². The molecule has 0 aliphatic rings. The van der Waals surface area contributed by atoms with E-state index in [0.29, 0.717) is 22.9 Å². The zero-order chi connectivity index (χ0) is 20.8. The largest absolute Gasteiger partial charge is 0.497 e. The second kappa shape index (κ2) is 10.2. The lowest BCUT2D eigenvalue weighted by atomic mass is 10.2. The van der Waals surface area contributed by atoms with Crippen LogP contribution < -0.4 is 15.6 Å². The molecule has 0 radical (unpaired) electrons. The molecular weight excluding hydrogens is 546 g/mol. The van der Waals surface area contributed by atoms with Gasteiger partial charge in [0.2, 0.25) is 0 Å². The van der Waals surface area contributed by atoms with Crippen LogP contribution in [0.3, 0.4) is 0 Å². The maximum Gasteiger partial charge on any atom is 0.294 e. The smallest absolute Gasteiger partial charge is 0.294 e. The summed E-state index contributed by atoms with van der Waals surface area (Å²) < 4.78 is 6.63. The Morgan fingerprint density at radius 2 is 2.03 bits per heavy atom. The fourth-order valence-electron chi connectivity index (χ4n) is 2.45. The van der Waals surface area contributed by atoms with Crippen LogP contribution in [-0.4, -0.2) is 21.6 Å². The van der Waals surface area contributed by atoms with Crippen molar-refractivity contribution >= 4 is 65.0 Å². The summed E-state index contributed by atoms with van der Waals surface area (Å²) in [6.07, 6.45) is 2.95. The Morgan fingerprint density at radius 3 is 2.72 bits per heavy atom. The lowest BCUT2D eigenvalue weighted by Crippen LogP contribution is -2.24. The standard InChI is InChI=1S/C19H13Cl2IN4O2S/c1-28-15-4-2-12(3-5-15)10-26-11-16(21)24-18(19(26)27)25-17-13(6-7-29-22)8-14(20)9-23-17/h2-5,8-9,11H,10H2,1H3,(H,23,24,25). The van der Waals surface area contributed by atoms with Gasteiger partial charge in [0.1, 0.15) is 16.7 Å². The molecule has 1 N–H and O–H groups in total. The molecule has 0 unspecified atom stereocenters. The zero-order valence-corrected chi connectivity index (χ0v) is 19.4. The van der Waals surface area contributed by atoms with Gasteiger partial charge in [-0.1, -0.05) is 41.3 Å². The summed E-state index contributed by atoms with van der Waals surface area (Å²) in [5, 5.41) is 6.41. The molecule has 0 spiro atoms. The van der Waals surface area contributed by atoms with E-state index in [1.807, 2.05) is 24.3 Å². The van der Waals surface area contributed by atoms with Gasteiger partial charge in [0.25, 0.3) is 5.56 Å². The van der Waals surface area contributed by atoms with Gasteiger partial charge in [-0.3, -0.25) is 4.79 Å². The second-order valence-corrected chi connectivity index (χ2v) is 8.18. The average molecular weight is 559 g/mol. The Morgan fingerprint density at radius 1 is 1.28 bits per heavy atom. The van der Waals surface area contributed by atoms with Gasteiger partial charge >= 0.3 is 0 Å². The molecule has 0 atom stereocenters. The Labute approximate surface area is 193 Å². The third-order valence-corrected chi connectivity index (χ3v) is 5.00. The molecule has 1 aromatic carbocycles. The van der Waals surface area contributed by atoms with Gasteiger partial charge in [-0.05, 0) is 37.9 Å². The van der Waals surface area contributed by atoms with E-state index in [9.17, 15) is 4.79 Å². The Kier molecular flexibility index (Phi) is 7.66. The van der Waals surface area contributed by atoms with Crippen LogP contribution in [0.5, 0.6) is 5.75 Å². The number of halogens is 3. The summed E-state index contributed by atoms with van der Waals surface area (Å²) in [5.41, 5.74) is 1.12. The maximum atomic E-state index is 12.9. The quantitative estimate of drug-likeness (QED) is 0.345. The van der Waals surface area contributed by atoms with E-state index < -0.39 is 0 Å². The van der Waals surface area contributed by atoms with Gasteiger partial charge in [0.15, 0.2) is 5.82 Å². The highest BCUT2D eigenvalue weighted by molar-refractivity contribution is 14.2. The molecule has 3 rings (SSSR count). The van der Waals surface area contributed by atoms with Crippen molar-refractivity contribution in [2.45, 2.75) is 6.54 Å². The van der Waals surface area contributed by atoms with E-state index in [4.69, 9.17) is 27.9 Å². The average Bonchev–Trinajstić information content (AvgIpc) is 2.72. The SMILES string of the molecule is COc1ccc(Cn2cc(Cl)nc(Nc3ncc(Cl)cc3C#CSI)c2=O)cc1. The first kappa shape index (κ1) is 21.8. The van der Waals surface area contributed by atoms with Crippen molar-refractivity contribution in [1.82, 2.24) is 14.5 Å². The van der Waals surface area contributed by atoms with Gasteiger partial charge in [-0.2, -0.15) is 0 Å². The van der Waals surface area contributed by atoms with Crippen molar-refractivity contribution < 1.29 is 4.74 Å². The van der Waals surface area contributed by atoms with Crippen LogP contribution >= 0.6 is 53.3 Å². The molecule has 2 aromatic heterocycles. The number of benzene rings is 1. The van der Waals surface area contributed by atoms with Crippen LogP contribution in [0.25, 0.3) is 0 Å². The van der Waals surface area contributed by atoms with E-state index in [0.717, 1.165) is 11.3 Å². The summed E-state index contributed by atoms with van der Waals surface area (Å²) in [4.78, 5) is 21.2. The van der Waals surface area contributed by atoms with Crippen LogP contribution in [-0.2, 0) is 6.54 Å². The fourth-order valence-corrected chi connectivity index (χ4v) is 3.29. The van der Waals surface area contributed by atoms with Crippen LogP contribution in [0.1, 0.15) is 11.1 Å². The van der Waals surface area contributed by atoms with Crippen LogP contribution in [0.4, 0.5) is 11.6 Å². The Hall–Kier alpha value is -1.93. The van der Waals surface area contributed by atoms with Crippen molar-refractivity contribution in [2.24, 2.45) is 0 Å². The summed E-state index contributed by atoms with van der Waals surface area (Å²) in [6.45, 7) is 0.325. The summed E-state index contributed by atoms with van der Waals surface area (Å²) in [5.74, 6) is 4.09. The number of hydrogen-bond acceptors (Lipinski definition) is 6. The molecule has 0 bridgehead atoms. The number of hydrogen-bond donors (Lipinski definition) is 1. The van der Waals surface area contributed by atoms with Crippen LogP contribution in [0.2, 0.25) is 10.2 Å². The molecule has 2 heterocycles. The predicted molar refractivity (Wildman–Crippen MR) is 127 cm³/mol. The van der Waals surface area contributed by atoms with E-state index >= 15 is 0 Å². The van der Waals surface area contributed by atoms with Crippen molar-refractivity contribution in [3.05, 3.63) is 74.4 Å². The second-order valence-electron chi connectivity index (χ2n) is 5.67. The topological polar surface area (TPSA) is 69.0 Å². The summed E-state index contributed by atoms with van der Waals surface area (Å²) in [7, 11) is 2.93. The highest BCUT2D eigenvalue weighted by Crippen LogP contribution is 2.21. The van der Waals surface area contributed by atoms with Crippen molar-refractivity contribution in [2.75, 3.05) is 12.4 Å². The number of anilines is 2. The van der Waals surface area contributed by atoms with Gasteiger partial charge in [0, 0.05) is 33.6 Å². The molecule has 0 fully saturated rings. The lowest BCUT2D eigenvalue weighted by Gasteiger charge is -2.11. The van der Waals surface area contributed by atoms with Gasteiger partial charge < -0.3 is 14.6 Å². The first-order valence-corrected chi connectivity index (χ1v) is 12.2. The third kappa shape index (κ3) is 5.79. The van der Waals surface area contributed by atoms with Crippen LogP contribution in [0, 0.1) is 11.2 Å². The number of methoxy groups -OCH3 is 1.